The number of rotatable bonds is 4. The molecule has 0 fully saturated rings. The molecule has 0 aromatic heterocycles. The van der Waals surface area contributed by atoms with Crippen LogP contribution < -0.4 is 10.1 Å². The molecule has 0 radical (unpaired) electrons. The average Bonchev–Trinajstić information content (AvgIpc) is 2.53. The zero-order valence-electron chi connectivity index (χ0n) is 13.5. The highest BCUT2D eigenvalue weighted by Gasteiger charge is 2.36. The molecule has 7 heteroatoms. The van der Waals surface area contributed by atoms with Gasteiger partial charge in [-0.3, -0.25) is 0 Å². The number of phenols is 1. The Morgan fingerprint density at radius 3 is 2.74 bits per heavy atom. The number of ether oxygens (including phenoxy) is 2. The molecular formula is C16H20N2O5. The second kappa shape index (κ2) is 6.60. The zero-order chi connectivity index (χ0) is 17.1. The Balaban J connectivity index is 2.58. The molecule has 124 valence electrons. The lowest BCUT2D eigenvalue weighted by Crippen LogP contribution is -2.46. The van der Waals surface area contributed by atoms with Gasteiger partial charge in [-0.15, -0.1) is 0 Å². The van der Waals surface area contributed by atoms with Gasteiger partial charge in [-0.25, -0.2) is 9.59 Å². The Labute approximate surface area is 134 Å². The van der Waals surface area contributed by atoms with Crippen LogP contribution in [0.5, 0.6) is 11.5 Å². The third-order valence-corrected chi connectivity index (χ3v) is 3.80. The highest BCUT2D eigenvalue weighted by atomic mass is 16.5. The summed E-state index contributed by atoms with van der Waals surface area (Å²) in [5, 5.41) is 12.9. The first kappa shape index (κ1) is 16.7. The molecule has 1 aliphatic heterocycles. The van der Waals surface area contributed by atoms with E-state index in [4.69, 9.17) is 9.47 Å². The maximum atomic E-state index is 12.3. The van der Waals surface area contributed by atoms with Crippen molar-refractivity contribution in [1.29, 1.82) is 0 Å². The minimum absolute atomic E-state index is 0.0461. The smallest absolute Gasteiger partial charge is 0.338 e. The summed E-state index contributed by atoms with van der Waals surface area (Å²) in [7, 11) is 3.06. The van der Waals surface area contributed by atoms with Crippen LogP contribution in [0.4, 0.5) is 4.79 Å². The van der Waals surface area contributed by atoms with Crippen LogP contribution >= 0.6 is 0 Å². The van der Waals surface area contributed by atoms with Crippen molar-refractivity contribution in [2.24, 2.45) is 0 Å². The number of phenolic OH excluding ortho intramolecular Hbond substituents is 1. The summed E-state index contributed by atoms with van der Waals surface area (Å²) in [4.78, 5) is 25.8. The predicted molar refractivity (Wildman–Crippen MR) is 83.0 cm³/mol. The quantitative estimate of drug-likeness (QED) is 0.828. The van der Waals surface area contributed by atoms with Gasteiger partial charge in [-0.1, -0.05) is 0 Å². The Kier molecular flexibility index (Phi) is 4.78. The molecule has 23 heavy (non-hydrogen) atoms. The molecule has 0 saturated carbocycles. The van der Waals surface area contributed by atoms with E-state index in [1.165, 1.54) is 18.1 Å². The van der Waals surface area contributed by atoms with Gasteiger partial charge in [-0.2, -0.15) is 0 Å². The summed E-state index contributed by atoms with van der Waals surface area (Å²) < 4.78 is 10.2. The lowest BCUT2D eigenvalue weighted by molar-refractivity contribution is -0.139. The van der Waals surface area contributed by atoms with Crippen molar-refractivity contribution in [2.75, 3.05) is 20.8 Å². The van der Waals surface area contributed by atoms with E-state index in [0.29, 0.717) is 17.0 Å². The van der Waals surface area contributed by atoms with Gasteiger partial charge < -0.3 is 24.8 Å². The molecule has 0 saturated heterocycles. The summed E-state index contributed by atoms with van der Waals surface area (Å²) in [6.45, 7) is 3.58. The van der Waals surface area contributed by atoms with Gasteiger partial charge in [0, 0.05) is 18.3 Å². The summed E-state index contributed by atoms with van der Waals surface area (Å²) in [6, 6.07) is 3.45. The van der Waals surface area contributed by atoms with Gasteiger partial charge in [0.1, 0.15) is 11.5 Å². The van der Waals surface area contributed by atoms with Gasteiger partial charge in [0.25, 0.3) is 0 Å². The molecule has 2 amide bonds. The van der Waals surface area contributed by atoms with Crippen molar-refractivity contribution in [3.63, 3.8) is 0 Å². The van der Waals surface area contributed by atoms with E-state index in [-0.39, 0.29) is 24.0 Å². The van der Waals surface area contributed by atoms with Crippen LogP contribution in [0.2, 0.25) is 0 Å². The molecule has 2 N–H and O–H groups in total. The zero-order valence-corrected chi connectivity index (χ0v) is 13.5. The fourth-order valence-corrected chi connectivity index (χ4v) is 2.43. The fraction of sp³-hybridized carbons (Fsp3) is 0.375. The average molecular weight is 320 g/mol. The molecule has 2 rings (SSSR count). The lowest BCUT2D eigenvalue weighted by atomic mass is 9.94. The van der Waals surface area contributed by atoms with Crippen LogP contribution in [-0.4, -0.2) is 42.8 Å². The topological polar surface area (TPSA) is 88.1 Å². The van der Waals surface area contributed by atoms with E-state index in [0.717, 1.165) is 0 Å². The lowest BCUT2D eigenvalue weighted by Gasteiger charge is -2.33. The SMILES string of the molecule is CCOC(=O)C1=C(C)N(C)C(=O)NC1c1cc(OC)ccc1O. The molecule has 0 bridgehead atoms. The Hall–Kier alpha value is -2.70. The number of allylic oxidation sites excluding steroid dienone is 1. The van der Waals surface area contributed by atoms with Crippen LogP contribution in [0.15, 0.2) is 29.5 Å². The Bertz CT molecular complexity index is 668. The standard InChI is InChI=1S/C16H20N2O5/c1-5-23-15(20)13-9(2)18(3)16(21)17-14(13)11-8-10(22-4)6-7-12(11)19/h6-8,14,19H,5H2,1-4H3,(H,17,21). The van der Waals surface area contributed by atoms with Gasteiger partial charge in [0.2, 0.25) is 0 Å². The molecular weight excluding hydrogens is 300 g/mol. The van der Waals surface area contributed by atoms with E-state index in [9.17, 15) is 14.7 Å². The van der Waals surface area contributed by atoms with Crippen LogP contribution in [-0.2, 0) is 9.53 Å². The maximum absolute atomic E-state index is 12.3. The Morgan fingerprint density at radius 2 is 2.13 bits per heavy atom. The molecule has 1 aliphatic rings. The summed E-state index contributed by atoms with van der Waals surface area (Å²) in [5.41, 5.74) is 1.12. The van der Waals surface area contributed by atoms with Crippen molar-refractivity contribution in [3.8, 4) is 11.5 Å². The summed E-state index contributed by atoms with van der Waals surface area (Å²) >= 11 is 0. The van der Waals surface area contributed by atoms with Crippen LogP contribution in [0.3, 0.4) is 0 Å². The number of hydrogen-bond acceptors (Lipinski definition) is 5. The van der Waals surface area contributed by atoms with Crippen LogP contribution in [0.1, 0.15) is 25.5 Å². The number of hydrogen-bond donors (Lipinski definition) is 2. The van der Waals surface area contributed by atoms with Gasteiger partial charge in [0.15, 0.2) is 0 Å². The third kappa shape index (κ3) is 3.08. The number of carbonyl (C=O) groups is 2. The van der Waals surface area contributed by atoms with Gasteiger partial charge >= 0.3 is 12.0 Å². The summed E-state index contributed by atoms with van der Waals surface area (Å²) in [6.07, 6.45) is 0. The number of carbonyl (C=O) groups excluding carboxylic acids is 2. The molecule has 7 nitrogen and oxygen atoms in total. The molecule has 1 unspecified atom stereocenters. The number of nitrogens with zero attached hydrogens (tertiary/aromatic N) is 1. The van der Waals surface area contributed by atoms with E-state index in [1.807, 2.05) is 0 Å². The number of urea groups is 1. The minimum atomic E-state index is -0.812. The number of esters is 1. The van der Waals surface area contributed by atoms with Crippen LogP contribution in [0, 0.1) is 0 Å². The van der Waals surface area contributed by atoms with E-state index in [2.05, 4.69) is 5.32 Å². The van der Waals surface area contributed by atoms with Crippen molar-refractivity contribution in [3.05, 3.63) is 35.0 Å². The van der Waals surface area contributed by atoms with E-state index >= 15 is 0 Å². The molecule has 1 aromatic carbocycles. The summed E-state index contributed by atoms with van der Waals surface area (Å²) in [5.74, 6) is -0.0776. The fourth-order valence-electron chi connectivity index (χ4n) is 2.43. The van der Waals surface area contributed by atoms with Crippen molar-refractivity contribution in [2.45, 2.75) is 19.9 Å². The van der Waals surface area contributed by atoms with E-state index in [1.54, 1.807) is 33.0 Å². The second-order valence-corrected chi connectivity index (χ2v) is 5.09. The molecule has 1 atom stereocenters. The maximum Gasteiger partial charge on any atom is 0.338 e. The highest BCUT2D eigenvalue weighted by Crippen LogP contribution is 2.36. The monoisotopic (exact) mass is 320 g/mol. The molecule has 0 aliphatic carbocycles. The molecule has 1 aromatic rings. The first-order valence-electron chi connectivity index (χ1n) is 7.19. The number of benzene rings is 1. The van der Waals surface area contributed by atoms with Crippen molar-refractivity contribution < 1.29 is 24.2 Å². The van der Waals surface area contributed by atoms with Gasteiger partial charge in [0.05, 0.1) is 25.3 Å². The van der Waals surface area contributed by atoms with E-state index < -0.39 is 12.0 Å². The number of aromatic hydroxyl groups is 1. The number of nitrogens with one attached hydrogen (secondary N) is 1. The van der Waals surface area contributed by atoms with Crippen molar-refractivity contribution in [1.82, 2.24) is 10.2 Å². The third-order valence-electron chi connectivity index (χ3n) is 3.80. The second-order valence-electron chi connectivity index (χ2n) is 5.09. The predicted octanol–water partition coefficient (Wildman–Crippen LogP) is 1.93. The Morgan fingerprint density at radius 1 is 1.43 bits per heavy atom. The number of amides is 2. The molecule has 1 heterocycles. The van der Waals surface area contributed by atoms with Gasteiger partial charge in [-0.05, 0) is 32.0 Å². The first-order chi connectivity index (χ1) is 10.9. The first-order valence-corrected chi connectivity index (χ1v) is 7.19. The highest BCUT2D eigenvalue weighted by molar-refractivity contribution is 5.95. The largest absolute Gasteiger partial charge is 0.508 e. The normalized spacial score (nSPS) is 17.8. The van der Waals surface area contributed by atoms with Crippen molar-refractivity contribution >= 4 is 12.0 Å². The minimum Gasteiger partial charge on any atom is -0.508 e. The molecule has 0 spiro atoms. The number of methoxy groups -OCH3 is 1. The van der Waals surface area contributed by atoms with Crippen LogP contribution in [0.25, 0.3) is 0 Å².